The fourth-order valence-corrected chi connectivity index (χ4v) is 6.86. The Morgan fingerprint density at radius 2 is 1.87 bits per heavy atom. The monoisotopic (exact) mass is 451 g/mol. The number of aromatic nitrogens is 4. The molecule has 1 saturated heterocycles. The van der Waals surface area contributed by atoms with E-state index in [1.165, 1.54) is 0 Å². The molecule has 4 rings (SSSR count). The van der Waals surface area contributed by atoms with Crippen molar-refractivity contribution in [1.29, 1.82) is 0 Å². The van der Waals surface area contributed by atoms with Crippen LogP contribution in [0, 0.1) is 5.82 Å². The minimum atomic E-state index is -4.06. The van der Waals surface area contributed by atoms with Crippen LogP contribution in [0.25, 0.3) is 11.4 Å². The number of sulfone groups is 1. The maximum absolute atomic E-state index is 14.2. The first kappa shape index (κ1) is 20.6. The van der Waals surface area contributed by atoms with E-state index < -0.39 is 30.9 Å². The first-order valence-corrected chi connectivity index (χ1v) is 12.2. The van der Waals surface area contributed by atoms with Crippen molar-refractivity contribution in [3.8, 4) is 11.4 Å². The minimum Gasteiger partial charge on any atom is -0.228 e. The van der Waals surface area contributed by atoms with Crippen LogP contribution >= 0.6 is 0 Å². The third kappa shape index (κ3) is 3.85. The predicted octanol–water partition coefficient (Wildman–Crippen LogP) is 1.56. The van der Waals surface area contributed by atoms with E-state index in [1.807, 2.05) is 0 Å². The molecule has 1 fully saturated rings. The highest BCUT2D eigenvalue weighted by Gasteiger charge is 2.35. The van der Waals surface area contributed by atoms with Crippen LogP contribution in [0.5, 0.6) is 0 Å². The molecule has 30 heavy (non-hydrogen) atoms. The Balaban J connectivity index is 1.65. The molecule has 1 aromatic heterocycles. The number of hydrogen-bond acceptors (Lipinski definition) is 7. The van der Waals surface area contributed by atoms with Crippen molar-refractivity contribution in [3.63, 3.8) is 0 Å². The Morgan fingerprint density at radius 1 is 1.10 bits per heavy atom. The average molecular weight is 452 g/mol. The van der Waals surface area contributed by atoms with Gasteiger partial charge in [0, 0.05) is 13.1 Å². The third-order valence-corrected chi connectivity index (χ3v) is 9.05. The van der Waals surface area contributed by atoms with Crippen molar-refractivity contribution < 1.29 is 21.2 Å². The zero-order valence-corrected chi connectivity index (χ0v) is 17.3. The normalized spacial score (nSPS) is 20.0. The van der Waals surface area contributed by atoms with Crippen LogP contribution in [0.2, 0.25) is 0 Å². The fourth-order valence-electron chi connectivity index (χ4n) is 3.47. The van der Waals surface area contributed by atoms with Crippen molar-refractivity contribution in [2.24, 2.45) is 0 Å². The molecule has 1 atom stereocenters. The number of rotatable bonds is 4. The highest BCUT2D eigenvalue weighted by atomic mass is 32.2. The second-order valence-electron chi connectivity index (χ2n) is 6.84. The molecule has 9 nitrogen and oxygen atoms in total. The van der Waals surface area contributed by atoms with Gasteiger partial charge in [0.25, 0.3) is 0 Å². The van der Waals surface area contributed by atoms with Gasteiger partial charge in [0.1, 0.15) is 5.82 Å². The minimum absolute atomic E-state index is 0.0239. The van der Waals surface area contributed by atoms with Gasteiger partial charge in [0.2, 0.25) is 15.8 Å². The number of aromatic amines is 1. The Hall–Kier alpha value is -2.70. The van der Waals surface area contributed by atoms with E-state index in [1.54, 1.807) is 30.3 Å². The zero-order chi connectivity index (χ0) is 21.4. The summed E-state index contributed by atoms with van der Waals surface area (Å²) in [7, 11) is -7.59. The van der Waals surface area contributed by atoms with Gasteiger partial charge in [-0.1, -0.05) is 30.3 Å². The van der Waals surface area contributed by atoms with Crippen molar-refractivity contribution in [2.75, 3.05) is 18.8 Å². The van der Waals surface area contributed by atoms with Gasteiger partial charge in [-0.05, 0) is 35.4 Å². The second kappa shape index (κ2) is 7.85. The summed E-state index contributed by atoms with van der Waals surface area (Å²) in [5.41, 5.74) is 0.521. The number of H-pyrrole nitrogens is 1. The van der Waals surface area contributed by atoms with Crippen LogP contribution in [-0.2, 0) is 19.9 Å². The van der Waals surface area contributed by atoms with Gasteiger partial charge in [0.05, 0.1) is 21.5 Å². The molecular formula is C18H18FN5O4S2. The first-order valence-electron chi connectivity index (χ1n) is 9.09. The number of sulfonamides is 1. The van der Waals surface area contributed by atoms with Crippen LogP contribution in [0.3, 0.4) is 0 Å². The van der Waals surface area contributed by atoms with Gasteiger partial charge in [-0.15, -0.1) is 10.2 Å². The summed E-state index contributed by atoms with van der Waals surface area (Å²) in [6, 6.07) is 12.0. The molecule has 2 aromatic carbocycles. The van der Waals surface area contributed by atoms with Gasteiger partial charge in [-0.25, -0.2) is 21.2 Å². The molecule has 1 unspecified atom stereocenters. The van der Waals surface area contributed by atoms with Gasteiger partial charge in [-0.3, -0.25) is 0 Å². The van der Waals surface area contributed by atoms with E-state index in [0.29, 0.717) is 5.56 Å². The van der Waals surface area contributed by atoms with Crippen molar-refractivity contribution in [3.05, 3.63) is 59.9 Å². The number of hydrogen-bond donors (Lipinski definition) is 1. The quantitative estimate of drug-likeness (QED) is 0.638. The summed E-state index contributed by atoms with van der Waals surface area (Å²) in [6.45, 7) is -0.154. The molecule has 2 heterocycles. The molecule has 0 saturated carbocycles. The molecule has 3 aromatic rings. The van der Waals surface area contributed by atoms with E-state index in [9.17, 15) is 21.2 Å². The molecule has 0 radical (unpaired) electrons. The molecule has 0 aliphatic carbocycles. The topological polar surface area (TPSA) is 126 Å². The zero-order valence-electron chi connectivity index (χ0n) is 15.6. The predicted molar refractivity (Wildman–Crippen MR) is 106 cm³/mol. The first-order chi connectivity index (χ1) is 14.3. The lowest BCUT2D eigenvalue weighted by Crippen LogP contribution is -2.33. The van der Waals surface area contributed by atoms with E-state index in [4.69, 9.17) is 0 Å². The van der Waals surface area contributed by atoms with Crippen LogP contribution < -0.4 is 0 Å². The third-order valence-electron chi connectivity index (χ3n) is 5.03. The largest absolute Gasteiger partial charge is 0.243 e. The maximum Gasteiger partial charge on any atom is 0.243 e. The summed E-state index contributed by atoms with van der Waals surface area (Å²) in [6.07, 6.45) is 0.129. The molecule has 1 aliphatic rings. The molecule has 1 aliphatic heterocycles. The van der Waals surface area contributed by atoms with E-state index in [-0.39, 0.29) is 41.5 Å². The van der Waals surface area contributed by atoms with E-state index in [2.05, 4.69) is 20.6 Å². The second-order valence-corrected chi connectivity index (χ2v) is 11.1. The molecule has 1 N–H and O–H groups in total. The van der Waals surface area contributed by atoms with Crippen LogP contribution in [-0.4, -0.2) is 60.6 Å². The number of nitrogens with one attached hydrogen (secondary N) is 1. The van der Waals surface area contributed by atoms with Gasteiger partial charge in [0.15, 0.2) is 9.84 Å². The molecular weight excluding hydrogens is 433 g/mol. The lowest BCUT2D eigenvalue weighted by atomic mass is 10.1. The standard InChI is InChI=1S/C18H18FN5O4S2/c19-16-7-6-14(12-15(16)18-20-22-23-21-18)30(27,28)24-9-8-17(29(25,26)11-10-24)13-4-2-1-3-5-13/h1-7,12,17H,8-11H2,(H,20,21,22,23). The number of halogens is 1. The Bertz CT molecular complexity index is 1250. The fraction of sp³-hybridized carbons (Fsp3) is 0.278. The number of benzene rings is 2. The van der Waals surface area contributed by atoms with Crippen molar-refractivity contribution >= 4 is 19.9 Å². The SMILES string of the molecule is O=S1(=O)CCN(S(=O)(=O)c2ccc(F)c(-c3nn[nH]n3)c2)CCC1c1ccccc1. The summed E-state index contributed by atoms with van der Waals surface area (Å²) in [5, 5.41) is 12.1. The lowest BCUT2D eigenvalue weighted by Gasteiger charge is -2.20. The molecule has 12 heteroatoms. The molecule has 0 bridgehead atoms. The smallest absolute Gasteiger partial charge is 0.228 e. The Kier molecular flexibility index (Phi) is 5.38. The molecule has 158 valence electrons. The number of nitrogens with zero attached hydrogens (tertiary/aromatic N) is 4. The summed E-state index contributed by atoms with van der Waals surface area (Å²) in [4.78, 5) is -0.167. The van der Waals surface area contributed by atoms with Gasteiger partial charge >= 0.3 is 0 Å². The molecule has 0 spiro atoms. The average Bonchev–Trinajstić information content (AvgIpc) is 3.20. The van der Waals surface area contributed by atoms with Gasteiger partial charge in [-0.2, -0.15) is 9.52 Å². The summed E-state index contributed by atoms with van der Waals surface area (Å²) < 4.78 is 67.2. The van der Waals surface area contributed by atoms with Gasteiger partial charge < -0.3 is 0 Å². The highest BCUT2D eigenvalue weighted by Crippen LogP contribution is 2.32. The lowest BCUT2D eigenvalue weighted by molar-refractivity contribution is 0.428. The summed E-state index contributed by atoms with van der Waals surface area (Å²) in [5.74, 6) is -1.07. The maximum atomic E-state index is 14.2. The molecule has 0 amide bonds. The highest BCUT2D eigenvalue weighted by molar-refractivity contribution is 7.92. The van der Waals surface area contributed by atoms with E-state index in [0.717, 1.165) is 22.5 Å². The van der Waals surface area contributed by atoms with Crippen LogP contribution in [0.4, 0.5) is 4.39 Å². The van der Waals surface area contributed by atoms with Crippen molar-refractivity contribution in [2.45, 2.75) is 16.6 Å². The number of tetrazole rings is 1. The Morgan fingerprint density at radius 3 is 2.57 bits per heavy atom. The summed E-state index contributed by atoms with van der Waals surface area (Å²) >= 11 is 0. The Labute approximate surface area is 172 Å². The van der Waals surface area contributed by atoms with Crippen molar-refractivity contribution in [1.82, 2.24) is 24.9 Å². The van der Waals surface area contributed by atoms with E-state index >= 15 is 0 Å². The van der Waals surface area contributed by atoms with Crippen LogP contribution in [0.15, 0.2) is 53.4 Å². The van der Waals surface area contributed by atoms with Crippen LogP contribution in [0.1, 0.15) is 17.2 Å².